The lowest BCUT2D eigenvalue weighted by atomic mass is 10.1. The van der Waals surface area contributed by atoms with Crippen molar-refractivity contribution in [2.75, 3.05) is 0 Å². The minimum atomic E-state index is 0.242. The van der Waals surface area contributed by atoms with Crippen LogP contribution < -0.4 is 5.32 Å². The lowest BCUT2D eigenvalue weighted by Gasteiger charge is -2.09. The molecule has 0 amide bonds. The predicted octanol–water partition coefficient (Wildman–Crippen LogP) is 7.73. The number of nitrogens with one attached hydrogen (secondary N) is 1. The van der Waals surface area contributed by atoms with Gasteiger partial charge in [-0.25, -0.2) is 0 Å². The molecule has 1 N–H and O–H groups in total. The van der Waals surface area contributed by atoms with Crippen LogP contribution in [-0.2, 0) is 0 Å². The van der Waals surface area contributed by atoms with Crippen LogP contribution in [0, 0.1) is 0 Å². The Balaban J connectivity index is 1.46. The fourth-order valence-electron chi connectivity index (χ4n) is 5.91. The molecule has 8 rings (SSSR count). The fraction of sp³-hybridized carbons (Fsp3) is 0.0625. The molecule has 0 unspecified atom stereocenters. The Hall–Kier alpha value is -4.34. The minimum Gasteiger partial charge on any atom is -0.322 e. The van der Waals surface area contributed by atoms with Gasteiger partial charge in [-0.3, -0.25) is 5.32 Å². The molecule has 1 aliphatic heterocycles. The van der Waals surface area contributed by atoms with Gasteiger partial charge in [0.2, 0.25) is 0 Å². The molecule has 7 aromatic rings. The summed E-state index contributed by atoms with van der Waals surface area (Å²) >= 11 is 0. The number of rotatable bonds is 3. The highest BCUT2D eigenvalue weighted by Gasteiger charge is 2.40. The first-order chi connectivity index (χ1) is 17.4. The Morgan fingerprint density at radius 1 is 0.486 bits per heavy atom. The summed E-state index contributed by atoms with van der Waals surface area (Å²) in [5, 5.41) is 8.95. The Bertz CT molecular complexity index is 1880. The molecule has 1 fully saturated rings. The maximum atomic E-state index is 3.75. The number of hydrogen-bond donors (Lipinski definition) is 1. The minimum absolute atomic E-state index is 0.242. The lowest BCUT2D eigenvalue weighted by Crippen LogP contribution is -1.98. The molecular weight excluding hydrogens is 426 g/mol. The van der Waals surface area contributed by atoms with E-state index in [0.29, 0.717) is 6.04 Å². The Kier molecular flexibility index (Phi) is 3.85. The number of aromatic nitrogens is 2. The van der Waals surface area contributed by atoms with Gasteiger partial charge in [0.25, 0.3) is 0 Å². The van der Waals surface area contributed by atoms with Gasteiger partial charge in [0.15, 0.2) is 0 Å². The van der Waals surface area contributed by atoms with E-state index in [1.165, 1.54) is 54.9 Å². The maximum absolute atomic E-state index is 3.75. The third-order valence-electron chi connectivity index (χ3n) is 7.51. The Labute approximate surface area is 202 Å². The maximum Gasteiger partial charge on any atom is 0.105 e. The molecule has 0 saturated carbocycles. The van der Waals surface area contributed by atoms with E-state index in [-0.39, 0.29) is 6.17 Å². The molecule has 0 aliphatic carbocycles. The summed E-state index contributed by atoms with van der Waals surface area (Å²) < 4.78 is 4.91. The monoisotopic (exact) mass is 449 g/mol. The van der Waals surface area contributed by atoms with Gasteiger partial charge in [-0.05, 0) is 42.0 Å². The van der Waals surface area contributed by atoms with Crippen molar-refractivity contribution in [3.63, 3.8) is 0 Å². The molecule has 0 spiro atoms. The van der Waals surface area contributed by atoms with Gasteiger partial charge < -0.3 is 9.13 Å². The number of para-hydroxylation sites is 3. The number of benzene rings is 5. The van der Waals surface area contributed by atoms with Crippen molar-refractivity contribution in [3.8, 4) is 5.69 Å². The average Bonchev–Trinajstić information content (AvgIpc) is 3.55. The molecule has 2 aromatic heterocycles. The first-order valence-electron chi connectivity index (χ1n) is 12.2. The molecule has 1 aliphatic rings. The van der Waals surface area contributed by atoms with Crippen molar-refractivity contribution in [2.45, 2.75) is 12.2 Å². The highest BCUT2D eigenvalue weighted by Crippen LogP contribution is 2.45. The highest BCUT2D eigenvalue weighted by molar-refractivity contribution is 6.18. The number of hydrogen-bond acceptors (Lipinski definition) is 1. The normalized spacial score (nSPS) is 17.6. The highest BCUT2D eigenvalue weighted by atomic mass is 15.3. The van der Waals surface area contributed by atoms with Crippen molar-refractivity contribution in [1.29, 1.82) is 0 Å². The van der Waals surface area contributed by atoms with E-state index in [0.717, 1.165) is 0 Å². The quantitative estimate of drug-likeness (QED) is 0.275. The second kappa shape index (κ2) is 7.08. The number of nitrogens with zero attached hydrogens (tertiary/aromatic N) is 2. The molecular formula is C32H23N3. The van der Waals surface area contributed by atoms with Crippen LogP contribution in [-0.4, -0.2) is 9.13 Å². The van der Waals surface area contributed by atoms with Crippen LogP contribution >= 0.6 is 0 Å². The first kappa shape index (κ1) is 19.0. The van der Waals surface area contributed by atoms with E-state index >= 15 is 0 Å². The van der Waals surface area contributed by atoms with Crippen molar-refractivity contribution in [1.82, 2.24) is 14.5 Å². The third kappa shape index (κ3) is 2.70. The molecule has 0 radical (unpaired) electrons. The van der Waals surface area contributed by atoms with Gasteiger partial charge in [-0.1, -0.05) is 84.9 Å². The van der Waals surface area contributed by atoms with Crippen LogP contribution in [0.4, 0.5) is 0 Å². The summed E-state index contributed by atoms with van der Waals surface area (Å²) in [6.45, 7) is 0. The third-order valence-corrected chi connectivity index (χ3v) is 7.51. The van der Waals surface area contributed by atoms with Gasteiger partial charge in [0.05, 0.1) is 28.1 Å². The average molecular weight is 450 g/mol. The van der Waals surface area contributed by atoms with E-state index < -0.39 is 0 Å². The van der Waals surface area contributed by atoms with Gasteiger partial charge in [-0.2, -0.15) is 0 Å². The second-order valence-electron chi connectivity index (χ2n) is 9.46. The Morgan fingerprint density at radius 2 is 1.09 bits per heavy atom. The topological polar surface area (TPSA) is 31.8 Å². The van der Waals surface area contributed by atoms with Gasteiger partial charge in [-0.15, -0.1) is 0 Å². The summed E-state index contributed by atoms with van der Waals surface area (Å²) in [5.41, 5.74) is 7.56. The zero-order chi connectivity index (χ0) is 22.9. The smallest absolute Gasteiger partial charge is 0.105 e. The second-order valence-corrected chi connectivity index (χ2v) is 9.46. The van der Waals surface area contributed by atoms with Crippen LogP contribution in [0.15, 0.2) is 121 Å². The lowest BCUT2D eigenvalue weighted by molar-refractivity contribution is 0.761. The SMILES string of the molecule is c1ccc([C@H]2N[C@@H]2n2c3ccccc3c3cc4c5ccccc5n(-c5ccccc5)c4cc32)cc1. The summed E-state index contributed by atoms with van der Waals surface area (Å²) in [5.74, 6) is 0. The van der Waals surface area contributed by atoms with Crippen molar-refractivity contribution < 1.29 is 0 Å². The van der Waals surface area contributed by atoms with E-state index in [1.54, 1.807) is 0 Å². The summed E-state index contributed by atoms with van der Waals surface area (Å²) in [6.07, 6.45) is 0.242. The zero-order valence-corrected chi connectivity index (χ0v) is 19.1. The Morgan fingerprint density at radius 3 is 1.86 bits per heavy atom. The summed E-state index contributed by atoms with van der Waals surface area (Å²) in [6, 6.07) is 44.2. The van der Waals surface area contributed by atoms with E-state index in [4.69, 9.17) is 0 Å². The van der Waals surface area contributed by atoms with Gasteiger partial charge in [0, 0.05) is 27.2 Å². The molecule has 3 heteroatoms. The van der Waals surface area contributed by atoms with Gasteiger partial charge >= 0.3 is 0 Å². The zero-order valence-electron chi connectivity index (χ0n) is 19.1. The predicted molar refractivity (Wildman–Crippen MR) is 145 cm³/mol. The molecule has 5 aromatic carbocycles. The van der Waals surface area contributed by atoms with E-state index in [2.05, 4.69) is 136 Å². The summed E-state index contributed by atoms with van der Waals surface area (Å²) in [7, 11) is 0. The van der Waals surface area contributed by atoms with E-state index in [9.17, 15) is 0 Å². The van der Waals surface area contributed by atoms with Crippen LogP contribution in [0.25, 0.3) is 49.3 Å². The van der Waals surface area contributed by atoms with Crippen LogP contribution in [0.3, 0.4) is 0 Å². The standard InChI is InChI=1S/C32H23N3/c1-3-11-21(12-4-1)31-32(33-31)35-28-18-10-8-16-24(28)26-19-25-23-15-7-9-17-27(23)34(29(25)20-30(26)35)22-13-5-2-6-14-22/h1-20,31-33H/t31-,32-/m1/s1. The first-order valence-corrected chi connectivity index (χ1v) is 12.2. The van der Waals surface area contributed by atoms with Crippen LogP contribution in [0.2, 0.25) is 0 Å². The summed E-state index contributed by atoms with van der Waals surface area (Å²) in [4.78, 5) is 0. The molecule has 35 heavy (non-hydrogen) atoms. The largest absolute Gasteiger partial charge is 0.322 e. The van der Waals surface area contributed by atoms with Gasteiger partial charge in [0.1, 0.15) is 6.17 Å². The van der Waals surface area contributed by atoms with Crippen LogP contribution in [0.5, 0.6) is 0 Å². The van der Waals surface area contributed by atoms with Crippen LogP contribution in [0.1, 0.15) is 17.8 Å². The fourth-order valence-corrected chi connectivity index (χ4v) is 5.91. The van der Waals surface area contributed by atoms with E-state index in [1.807, 2.05) is 0 Å². The molecule has 0 bridgehead atoms. The molecule has 166 valence electrons. The molecule has 2 atom stereocenters. The number of fused-ring (bicyclic) bond motifs is 6. The van der Waals surface area contributed by atoms with Crippen molar-refractivity contribution in [3.05, 3.63) is 127 Å². The molecule has 3 nitrogen and oxygen atoms in total. The van der Waals surface area contributed by atoms with Crippen molar-refractivity contribution in [2.24, 2.45) is 0 Å². The molecule has 1 saturated heterocycles. The molecule has 3 heterocycles. The van der Waals surface area contributed by atoms with Crippen molar-refractivity contribution >= 4 is 43.6 Å².